The maximum atomic E-state index is 4.42. The molecule has 3 nitrogen and oxygen atoms in total. The molecule has 0 aliphatic carbocycles. The fourth-order valence-electron chi connectivity index (χ4n) is 1.95. The van der Waals surface area contributed by atoms with Crippen molar-refractivity contribution in [3.8, 4) is 0 Å². The first-order valence-corrected chi connectivity index (χ1v) is 7.59. The minimum absolute atomic E-state index is 0.682. The van der Waals surface area contributed by atoms with Gasteiger partial charge in [-0.3, -0.25) is 4.98 Å². The number of hydrogen-bond donors (Lipinski definition) is 1. The molecule has 0 saturated heterocycles. The van der Waals surface area contributed by atoms with E-state index in [-0.39, 0.29) is 0 Å². The Balaban J connectivity index is 1.90. The number of halogens is 1. The van der Waals surface area contributed by atoms with Crippen LogP contribution in [0.4, 0.5) is 5.82 Å². The molecule has 0 bridgehead atoms. The Kier molecular flexibility index (Phi) is 3.48. The quantitative estimate of drug-likeness (QED) is 0.773. The zero-order valence-electron chi connectivity index (χ0n) is 10.4. The third kappa shape index (κ3) is 2.48. The van der Waals surface area contributed by atoms with E-state index in [1.165, 1.54) is 10.3 Å². The van der Waals surface area contributed by atoms with Crippen LogP contribution in [0.1, 0.15) is 11.3 Å². The van der Waals surface area contributed by atoms with Crippen LogP contribution >= 0.6 is 27.3 Å². The highest BCUT2D eigenvalue weighted by molar-refractivity contribution is 9.10. The zero-order chi connectivity index (χ0) is 13.2. The lowest BCUT2D eigenvalue weighted by atomic mass is 10.2. The molecule has 3 aromatic heterocycles. The summed E-state index contributed by atoms with van der Waals surface area (Å²) in [5.41, 5.74) is 2.24. The standard InChI is InChI=1S/C14H12BrN3S/c1-9-3-2-5-16-11(9)7-18-14-13-10(15)8-19-12(13)4-6-17-14/h2-6,8H,7H2,1H3,(H,17,18). The van der Waals surface area contributed by atoms with Gasteiger partial charge in [-0.1, -0.05) is 6.07 Å². The van der Waals surface area contributed by atoms with Crippen LogP contribution in [0.2, 0.25) is 0 Å². The molecule has 3 rings (SSSR count). The molecule has 0 aromatic carbocycles. The van der Waals surface area contributed by atoms with Crippen LogP contribution in [-0.4, -0.2) is 9.97 Å². The third-order valence-corrected chi connectivity index (χ3v) is 4.86. The van der Waals surface area contributed by atoms with Crippen LogP contribution in [0.25, 0.3) is 10.1 Å². The van der Waals surface area contributed by atoms with E-state index in [9.17, 15) is 0 Å². The molecule has 96 valence electrons. The van der Waals surface area contributed by atoms with Gasteiger partial charge in [-0.25, -0.2) is 4.98 Å². The van der Waals surface area contributed by atoms with Gasteiger partial charge in [-0.2, -0.15) is 0 Å². The monoisotopic (exact) mass is 333 g/mol. The van der Waals surface area contributed by atoms with E-state index in [1.807, 2.05) is 24.5 Å². The first-order valence-electron chi connectivity index (χ1n) is 5.92. The second kappa shape index (κ2) is 5.27. The van der Waals surface area contributed by atoms with Gasteiger partial charge in [0.2, 0.25) is 0 Å². The average Bonchev–Trinajstić information content (AvgIpc) is 2.80. The van der Waals surface area contributed by atoms with Crippen LogP contribution in [0, 0.1) is 6.92 Å². The van der Waals surface area contributed by atoms with Gasteiger partial charge in [0.1, 0.15) is 5.82 Å². The number of anilines is 1. The molecule has 0 aliphatic rings. The number of nitrogens with zero attached hydrogens (tertiary/aromatic N) is 2. The number of aromatic nitrogens is 2. The van der Waals surface area contributed by atoms with Gasteiger partial charge in [0.25, 0.3) is 0 Å². The molecule has 0 spiro atoms. The summed E-state index contributed by atoms with van der Waals surface area (Å²) < 4.78 is 2.31. The smallest absolute Gasteiger partial charge is 0.136 e. The van der Waals surface area contributed by atoms with Gasteiger partial charge in [0.15, 0.2) is 0 Å². The van der Waals surface area contributed by atoms with Crippen molar-refractivity contribution in [1.82, 2.24) is 9.97 Å². The van der Waals surface area contributed by atoms with E-state index in [2.05, 4.69) is 49.6 Å². The zero-order valence-corrected chi connectivity index (χ0v) is 12.8. The Morgan fingerprint density at radius 2 is 2.16 bits per heavy atom. The first-order chi connectivity index (χ1) is 9.25. The maximum absolute atomic E-state index is 4.42. The van der Waals surface area contributed by atoms with Crippen LogP contribution in [-0.2, 0) is 6.54 Å². The predicted octanol–water partition coefficient (Wildman–Crippen LogP) is 4.37. The van der Waals surface area contributed by atoms with Crippen molar-refractivity contribution in [3.63, 3.8) is 0 Å². The number of fused-ring (bicyclic) bond motifs is 1. The highest BCUT2D eigenvalue weighted by Gasteiger charge is 2.08. The first kappa shape index (κ1) is 12.6. The third-order valence-electron chi connectivity index (χ3n) is 2.98. The summed E-state index contributed by atoms with van der Waals surface area (Å²) >= 11 is 5.28. The van der Waals surface area contributed by atoms with Gasteiger partial charge in [-0.05, 0) is 40.5 Å². The largest absolute Gasteiger partial charge is 0.364 e. The number of thiophene rings is 1. The number of pyridine rings is 2. The van der Waals surface area contributed by atoms with E-state index in [4.69, 9.17) is 0 Å². The van der Waals surface area contributed by atoms with Crippen molar-refractivity contribution in [2.24, 2.45) is 0 Å². The minimum Gasteiger partial charge on any atom is -0.364 e. The van der Waals surface area contributed by atoms with Gasteiger partial charge in [-0.15, -0.1) is 11.3 Å². The number of nitrogens with one attached hydrogen (secondary N) is 1. The molecule has 19 heavy (non-hydrogen) atoms. The van der Waals surface area contributed by atoms with Crippen LogP contribution in [0.15, 0.2) is 40.4 Å². The molecule has 3 heterocycles. The summed E-state index contributed by atoms with van der Waals surface area (Å²) in [5, 5.41) is 6.60. The van der Waals surface area contributed by atoms with Crippen molar-refractivity contribution in [1.29, 1.82) is 0 Å². The Morgan fingerprint density at radius 3 is 3.00 bits per heavy atom. The van der Waals surface area contributed by atoms with Crippen molar-refractivity contribution in [2.75, 3.05) is 5.32 Å². The van der Waals surface area contributed by atoms with E-state index in [0.717, 1.165) is 21.4 Å². The van der Waals surface area contributed by atoms with Gasteiger partial charge >= 0.3 is 0 Å². The highest BCUT2D eigenvalue weighted by atomic mass is 79.9. The van der Waals surface area contributed by atoms with Crippen molar-refractivity contribution in [2.45, 2.75) is 13.5 Å². The number of hydrogen-bond acceptors (Lipinski definition) is 4. The van der Waals surface area contributed by atoms with Gasteiger partial charge < -0.3 is 5.32 Å². The lowest BCUT2D eigenvalue weighted by Gasteiger charge is -2.08. The second-order valence-electron chi connectivity index (χ2n) is 4.24. The molecular weight excluding hydrogens is 322 g/mol. The molecule has 0 aliphatic heterocycles. The lowest BCUT2D eigenvalue weighted by Crippen LogP contribution is -2.04. The minimum atomic E-state index is 0.682. The maximum Gasteiger partial charge on any atom is 0.136 e. The van der Waals surface area contributed by atoms with E-state index < -0.39 is 0 Å². The molecule has 3 aromatic rings. The van der Waals surface area contributed by atoms with Crippen molar-refractivity contribution in [3.05, 3.63) is 51.7 Å². The Bertz CT molecular complexity index is 724. The molecule has 5 heteroatoms. The van der Waals surface area contributed by atoms with Crippen LogP contribution in [0.3, 0.4) is 0 Å². The molecular formula is C14H12BrN3S. The summed E-state index contributed by atoms with van der Waals surface area (Å²) in [7, 11) is 0. The van der Waals surface area contributed by atoms with Crippen LogP contribution in [0.5, 0.6) is 0 Å². The molecule has 0 unspecified atom stereocenters. The summed E-state index contributed by atoms with van der Waals surface area (Å²) in [5.74, 6) is 0.899. The molecule has 0 fully saturated rings. The van der Waals surface area contributed by atoms with Crippen molar-refractivity contribution < 1.29 is 0 Å². The Labute approximate surface area is 123 Å². The van der Waals surface area contributed by atoms with Gasteiger partial charge in [0.05, 0.1) is 12.2 Å². The second-order valence-corrected chi connectivity index (χ2v) is 6.00. The molecule has 0 atom stereocenters. The predicted molar refractivity (Wildman–Crippen MR) is 83.6 cm³/mol. The fourth-order valence-corrected chi connectivity index (χ4v) is 3.58. The topological polar surface area (TPSA) is 37.8 Å². The lowest BCUT2D eigenvalue weighted by molar-refractivity contribution is 1.01. The average molecular weight is 334 g/mol. The van der Waals surface area contributed by atoms with Gasteiger partial charge in [0, 0.05) is 32.3 Å². The number of rotatable bonds is 3. The molecule has 0 saturated carbocycles. The summed E-state index contributed by atoms with van der Waals surface area (Å²) in [4.78, 5) is 8.81. The normalized spacial score (nSPS) is 10.8. The summed E-state index contributed by atoms with van der Waals surface area (Å²) in [6, 6.07) is 6.05. The Morgan fingerprint density at radius 1 is 1.26 bits per heavy atom. The van der Waals surface area contributed by atoms with Crippen LogP contribution < -0.4 is 5.32 Å². The molecule has 1 N–H and O–H groups in total. The summed E-state index contributed by atoms with van der Waals surface area (Å²) in [6.07, 6.45) is 3.65. The highest BCUT2D eigenvalue weighted by Crippen LogP contribution is 2.34. The summed E-state index contributed by atoms with van der Waals surface area (Å²) in [6.45, 7) is 2.75. The molecule has 0 radical (unpaired) electrons. The fraction of sp³-hybridized carbons (Fsp3) is 0.143. The van der Waals surface area contributed by atoms with E-state index in [1.54, 1.807) is 11.3 Å². The number of aryl methyl sites for hydroxylation is 1. The SMILES string of the molecule is Cc1cccnc1CNc1nccc2scc(Br)c12. The molecule has 0 amide bonds. The van der Waals surface area contributed by atoms with E-state index >= 15 is 0 Å². The van der Waals surface area contributed by atoms with Crippen molar-refractivity contribution >= 4 is 43.2 Å². The Hall–Kier alpha value is -1.46. The van der Waals surface area contributed by atoms with E-state index in [0.29, 0.717) is 6.54 Å².